The first kappa shape index (κ1) is 11.5. The first-order valence-corrected chi connectivity index (χ1v) is 6.44. The van der Waals surface area contributed by atoms with Crippen molar-refractivity contribution in [3.8, 4) is 0 Å². The Kier molecular flexibility index (Phi) is 2.74. The van der Waals surface area contributed by atoms with Gasteiger partial charge >= 0.3 is 6.03 Å². The maximum absolute atomic E-state index is 12.3. The highest BCUT2D eigenvalue weighted by Crippen LogP contribution is 2.33. The maximum Gasteiger partial charge on any atom is 0.331 e. The van der Waals surface area contributed by atoms with Crippen LogP contribution in [0.4, 0.5) is 10.5 Å². The molecule has 18 heavy (non-hydrogen) atoms. The topological polar surface area (TPSA) is 40.6 Å². The number of anilines is 1. The molecule has 0 aliphatic carbocycles. The lowest BCUT2D eigenvalue weighted by atomic mass is 10.1. The minimum atomic E-state index is -0.234. The van der Waals surface area contributed by atoms with E-state index >= 15 is 0 Å². The largest absolute Gasteiger partial charge is 0.331 e. The Morgan fingerprint density at radius 2 is 2.00 bits per heavy atom. The second kappa shape index (κ2) is 4.28. The minimum Gasteiger partial charge on any atom is -0.320 e. The van der Waals surface area contributed by atoms with E-state index in [4.69, 9.17) is 11.6 Å². The number of urea groups is 1. The zero-order valence-corrected chi connectivity index (χ0v) is 10.6. The summed E-state index contributed by atoms with van der Waals surface area (Å²) in [7, 11) is 0. The minimum absolute atomic E-state index is 0.0868. The van der Waals surface area contributed by atoms with Gasteiger partial charge in [0.1, 0.15) is 0 Å². The number of benzene rings is 1. The third kappa shape index (κ3) is 1.68. The van der Waals surface area contributed by atoms with Crippen LogP contribution < -0.4 is 4.90 Å². The van der Waals surface area contributed by atoms with Gasteiger partial charge in [-0.2, -0.15) is 0 Å². The van der Waals surface area contributed by atoms with Gasteiger partial charge in [0.2, 0.25) is 5.91 Å². The smallest absolute Gasteiger partial charge is 0.320 e. The Morgan fingerprint density at radius 1 is 1.22 bits per heavy atom. The molecule has 1 unspecified atom stereocenters. The average Bonchev–Trinajstić information content (AvgIpc) is 2.79. The van der Waals surface area contributed by atoms with Crippen LogP contribution in [-0.4, -0.2) is 29.4 Å². The van der Waals surface area contributed by atoms with Crippen LogP contribution in [0.2, 0.25) is 5.02 Å². The predicted octanol–water partition coefficient (Wildman–Crippen LogP) is 2.66. The number of halogens is 1. The van der Waals surface area contributed by atoms with Gasteiger partial charge in [0.15, 0.2) is 0 Å². The molecule has 2 heterocycles. The number of imide groups is 1. The molecular formula is C13H13ClN2O2. The predicted molar refractivity (Wildman–Crippen MR) is 68.7 cm³/mol. The number of hydrogen-bond donors (Lipinski definition) is 0. The van der Waals surface area contributed by atoms with Gasteiger partial charge in [0.05, 0.1) is 10.7 Å². The van der Waals surface area contributed by atoms with Gasteiger partial charge in [0, 0.05) is 19.0 Å². The number of hydrogen-bond acceptors (Lipinski definition) is 2. The standard InChI is InChI=1S/C13H13ClN2O2/c14-10-5-1-2-6-11(10)16-12(17)8-9-4-3-7-15(9)13(16)18/h1-2,5-6,9H,3-4,7-8H2. The normalized spacial score (nSPS) is 23.5. The van der Waals surface area contributed by atoms with E-state index in [1.165, 1.54) is 4.90 Å². The van der Waals surface area contributed by atoms with Crippen molar-refractivity contribution in [3.05, 3.63) is 29.3 Å². The summed E-state index contributed by atoms with van der Waals surface area (Å²) in [6.07, 6.45) is 2.30. The molecule has 0 spiro atoms. The molecule has 2 saturated heterocycles. The monoisotopic (exact) mass is 264 g/mol. The number of nitrogens with zero attached hydrogens (tertiary/aromatic N) is 2. The van der Waals surface area contributed by atoms with Crippen LogP contribution in [0, 0.1) is 0 Å². The summed E-state index contributed by atoms with van der Waals surface area (Å²) in [5, 5.41) is 0.428. The van der Waals surface area contributed by atoms with Crippen LogP contribution >= 0.6 is 11.6 Å². The first-order chi connectivity index (χ1) is 8.68. The van der Waals surface area contributed by atoms with E-state index in [-0.39, 0.29) is 18.0 Å². The molecule has 3 amide bonds. The van der Waals surface area contributed by atoms with Gasteiger partial charge in [-0.15, -0.1) is 0 Å². The zero-order chi connectivity index (χ0) is 12.7. The van der Waals surface area contributed by atoms with Crippen LogP contribution in [0.1, 0.15) is 19.3 Å². The van der Waals surface area contributed by atoms with Gasteiger partial charge in [-0.3, -0.25) is 4.79 Å². The van der Waals surface area contributed by atoms with E-state index in [9.17, 15) is 9.59 Å². The van der Waals surface area contributed by atoms with Gasteiger partial charge in [0.25, 0.3) is 0 Å². The molecular weight excluding hydrogens is 252 g/mol. The summed E-state index contributed by atoms with van der Waals surface area (Å²) in [6, 6.07) is 6.80. The van der Waals surface area contributed by atoms with E-state index < -0.39 is 0 Å². The first-order valence-electron chi connectivity index (χ1n) is 6.06. The van der Waals surface area contributed by atoms with Crippen molar-refractivity contribution < 1.29 is 9.59 Å². The molecule has 94 valence electrons. The Hall–Kier alpha value is -1.55. The molecule has 0 aromatic heterocycles. The van der Waals surface area contributed by atoms with Crippen molar-refractivity contribution in [2.24, 2.45) is 0 Å². The SMILES string of the molecule is O=C1CC2CCCN2C(=O)N1c1ccccc1Cl. The molecule has 0 N–H and O–H groups in total. The Morgan fingerprint density at radius 3 is 2.78 bits per heavy atom. The third-order valence-corrected chi connectivity index (χ3v) is 3.89. The summed E-state index contributed by atoms with van der Waals surface area (Å²) in [4.78, 5) is 27.5. The summed E-state index contributed by atoms with van der Waals surface area (Å²) >= 11 is 6.07. The quantitative estimate of drug-likeness (QED) is 0.782. The van der Waals surface area contributed by atoms with Crippen LogP contribution in [0.5, 0.6) is 0 Å². The Balaban J connectivity index is 1.99. The summed E-state index contributed by atoms with van der Waals surface area (Å²) in [5.74, 6) is -0.156. The molecule has 5 heteroatoms. The number of amides is 3. The molecule has 3 rings (SSSR count). The molecule has 1 aromatic carbocycles. The van der Waals surface area contributed by atoms with E-state index in [1.807, 2.05) is 0 Å². The van der Waals surface area contributed by atoms with Gasteiger partial charge in [-0.1, -0.05) is 23.7 Å². The highest BCUT2D eigenvalue weighted by Gasteiger charge is 2.42. The number of fused-ring (bicyclic) bond motifs is 1. The lowest BCUT2D eigenvalue weighted by Gasteiger charge is -2.36. The molecule has 4 nitrogen and oxygen atoms in total. The van der Waals surface area contributed by atoms with Crippen LogP contribution in [0.25, 0.3) is 0 Å². The van der Waals surface area contributed by atoms with E-state index in [2.05, 4.69) is 0 Å². The van der Waals surface area contributed by atoms with Crippen molar-refractivity contribution in [1.82, 2.24) is 4.90 Å². The molecule has 1 atom stereocenters. The fraction of sp³-hybridized carbons (Fsp3) is 0.385. The van der Waals surface area contributed by atoms with Crippen LogP contribution in [0.3, 0.4) is 0 Å². The zero-order valence-electron chi connectivity index (χ0n) is 9.80. The van der Waals surface area contributed by atoms with E-state index in [0.717, 1.165) is 19.4 Å². The number of para-hydroxylation sites is 1. The summed E-state index contributed by atoms with van der Waals surface area (Å²) in [6.45, 7) is 0.734. The van der Waals surface area contributed by atoms with Gasteiger partial charge in [-0.25, -0.2) is 9.69 Å². The maximum atomic E-state index is 12.3. The highest BCUT2D eigenvalue weighted by atomic mass is 35.5. The second-order valence-electron chi connectivity index (χ2n) is 4.66. The molecule has 1 aromatic rings. The average molecular weight is 265 g/mol. The van der Waals surface area contributed by atoms with Crippen LogP contribution in [-0.2, 0) is 4.79 Å². The molecule has 0 radical (unpaired) electrons. The summed E-state index contributed by atoms with van der Waals surface area (Å²) in [5.41, 5.74) is 0.486. The molecule has 2 aliphatic rings. The number of carbonyl (C=O) groups is 2. The summed E-state index contributed by atoms with van der Waals surface area (Å²) < 4.78 is 0. The lowest BCUT2D eigenvalue weighted by Crippen LogP contribution is -2.54. The Bertz CT molecular complexity index is 517. The Labute approximate surface area is 110 Å². The molecule has 0 saturated carbocycles. The van der Waals surface area contributed by atoms with E-state index in [0.29, 0.717) is 17.1 Å². The van der Waals surface area contributed by atoms with E-state index in [1.54, 1.807) is 29.2 Å². The molecule has 2 aliphatic heterocycles. The highest BCUT2D eigenvalue weighted by molar-refractivity contribution is 6.35. The third-order valence-electron chi connectivity index (χ3n) is 3.57. The fourth-order valence-corrected chi connectivity index (χ4v) is 2.92. The van der Waals surface area contributed by atoms with Crippen molar-refractivity contribution in [3.63, 3.8) is 0 Å². The van der Waals surface area contributed by atoms with Crippen molar-refractivity contribution in [2.75, 3.05) is 11.4 Å². The second-order valence-corrected chi connectivity index (χ2v) is 5.06. The number of carbonyl (C=O) groups excluding carboxylic acids is 2. The number of rotatable bonds is 1. The molecule has 0 bridgehead atoms. The molecule has 2 fully saturated rings. The van der Waals surface area contributed by atoms with Gasteiger partial charge in [-0.05, 0) is 25.0 Å². The van der Waals surface area contributed by atoms with Crippen LogP contribution in [0.15, 0.2) is 24.3 Å². The van der Waals surface area contributed by atoms with Crippen molar-refractivity contribution in [2.45, 2.75) is 25.3 Å². The van der Waals surface area contributed by atoms with Crippen molar-refractivity contribution in [1.29, 1.82) is 0 Å². The van der Waals surface area contributed by atoms with Crippen molar-refractivity contribution >= 4 is 29.2 Å². The lowest BCUT2D eigenvalue weighted by molar-refractivity contribution is -0.119. The fourth-order valence-electron chi connectivity index (χ4n) is 2.70. The van der Waals surface area contributed by atoms with Gasteiger partial charge < -0.3 is 4.90 Å².